The molecule has 2 aromatic rings. The van der Waals surface area contributed by atoms with Crippen LogP contribution in [0.4, 0.5) is 0 Å². The molecule has 2 aromatic carbocycles. The highest BCUT2D eigenvalue weighted by Gasteiger charge is 2.36. The van der Waals surface area contributed by atoms with Crippen molar-refractivity contribution in [2.24, 2.45) is 11.1 Å². The fraction of sp³-hybridized carbons (Fsp3) is 0.515. The van der Waals surface area contributed by atoms with Crippen LogP contribution in [0.15, 0.2) is 41.6 Å². The second-order valence-electron chi connectivity index (χ2n) is 11.9. The number of hydrogen-bond acceptors (Lipinski definition) is 6. The van der Waals surface area contributed by atoms with Crippen molar-refractivity contribution in [2.75, 3.05) is 53.9 Å². The average molecular weight is 714 g/mol. The lowest BCUT2D eigenvalue weighted by Crippen LogP contribution is -2.52. The highest BCUT2D eigenvalue weighted by Crippen LogP contribution is 2.32. The van der Waals surface area contributed by atoms with Crippen LogP contribution in [0.2, 0.25) is 20.1 Å². The van der Waals surface area contributed by atoms with Gasteiger partial charge in [0.25, 0.3) is 5.91 Å². The van der Waals surface area contributed by atoms with Crippen molar-refractivity contribution in [1.82, 2.24) is 20.0 Å². The third-order valence-electron chi connectivity index (χ3n) is 8.84. The van der Waals surface area contributed by atoms with Crippen LogP contribution in [0.1, 0.15) is 60.4 Å². The van der Waals surface area contributed by atoms with E-state index in [0.717, 1.165) is 57.4 Å². The van der Waals surface area contributed by atoms with E-state index in [1.165, 1.54) is 7.11 Å². The molecule has 9 nitrogen and oxygen atoms in total. The maximum atomic E-state index is 13.3. The molecule has 2 heterocycles. The maximum absolute atomic E-state index is 13.3. The van der Waals surface area contributed by atoms with Gasteiger partial charge in [-0.25, -0.2) is 0 Å². The molecule has 46 heavy (non-hydrogen) atoms. The molecule has 0 spiro atoms. The van der Waals surface area contributed by atoms with Crippen LogP contribution in [0.3, 0.4) is 0 Å². The number of halogens is 4. The van der Waals surface area contributed by atoms with Crippen molar-refractivity contribution in [3.63, 3.8) is 0 Å². The Morgan fingerprint density at radius 3 is 2.35 bits per heavy atom. The highest BCUT2D eigenvalue weighted by molar-refractivity contribution is 6.42. The van der Waals surface area contributed by atoms with Gasteiger partial charge in [0.2, 0.25) is 11.8 Å². The largest absolute Gasteiger partial charge is 0.399 e. The molecule has 4 rings (SSSR count). The minimum Gasteiger partial charge on any atom is -0.399 e. The zero-order chi connectivity index (χ0) is 33.4. The SMILES string of the molecule is CNC(=O)C[C@H]1CCCN(C2CCN(CC[C@@H](C(CN(C)C(=O)c3cc(Cl)cc(Cl)c3)=NOC)c3ccc(Cl)c(Cl)c3)CC2)C1=O. The molecular weight excluding hydrogens is 672 g/mol. The number of rotatable bonds is 12. The van der Waals surface area contributed by atoms with E-state index in [4.69, 9.17) is 51.2 Å². The van der Waals surface area contributed by atoms with Crippen molar-refractivity contribution < 1.29 is 19.2 Å². The van der Waals surface area contributed by atoms with Gasteiger partial charge < -0.3 is 24.9 Å². The number of nitrogens with zero attached hydrogens (tertiary/aromatic N) is 4. The van der Waals surface area contributed by atoms with E-state index in [0.29, 0.717) is 37.8 Å². The summed E-state index contributed by atoms with van der Waals surface area (Å²) in [5.41, 5.74) is 1.94. The molecule has 0 unspecified atom stereocenters. The standard InChI is InChI=1S/C33H41Cl4N5O4/c1-38-31(43)18-22-5-4-11-42(33(22)45)26-8-12-41(13-9-26)14-10-27(21-6-7-28(36)29(37)17-21)30(39-46-3)20-40(2)32(44)23-15-24(34)19-25(35)16-23/h6-7,15-17,19,22,26-27H,4-5,8-14,18,20H2,1-3H3,(H,38,43)/t22-,27-/m1/s1. The summed E-state index contributed by atoms with van der Waals surface area (Å²) in [6, 6.07) is 10.4. The fourth-order valence-corrected chi connectivity index (χ4v) is 7.24. The predicted molar refractivity (Wildman–Crippen MR) is 184 cm³/mol. The van der Waals surface area contributed by atoms with E-state index in [2.05, 4.69) is 15.4 Å². The number of oxime groups is 1. The third kappa shape index (κ3) is 9.50. The minimum absolute atomic E-state index is 0.0904. The summed E-state index contributed by atoms with van der Waals surface area (Å²) < 4.78 is 0. The molecule has 2 atom stereocenters. The minimum atomic E-state index is -0.256. The Balaban J connectivity index is 1.44. The Hall–Kier alpha value is -2.56. The number of nitrogens with one attached hydrogen (secondary N) is 1. The first-order valence-electron chi connectivity index (χ1n) is 15.5. The molecule has 0 saturated carbocycles. The molecule has 2 aliphatic heterocycles. The van der Waals surface area contributed by atoms with Gasteiger partial charge in [-0.3, -0.25) is 14.4 Å². The summed E-state index contributed by atoms with van der Waals surface area (Å²) in [6.45, 7) is 3.38. The third-order valence-corrected chi connectivity index (χ3v) is 10.0. The van der Waals surface area contributed by atoms with Crippen molar-refractivity contribution in [2.45, 2.75) is 50.5 Å². The molecule has 0 bridgehead atoms. The van der Waals surface area contributed by atoms with Gasteiger partial charge in [0.15, 0.2) is 0 Å². The van der Waals surface area contributed by atoms with Gasteiger partial charge in [-0.1, -0.05) is 57.6 Å². The summed E-state index contributed by atoms with van der Waals surface area (Å²) in [5, 5.41) is 8.66. The topological polar surface area (TPSA) is 94.6 Å². The van der Waals surface area contributed by atoms with E-state index in [1.54, 1.807) is 43.3 Å². The van der Waals surface area contributed by atoms with Crippen LogP contribution < -0.4 is 5.32 Å². The van der Waals surface area contributed by atoms with Crippen LogP contribution in [-0.4, -0.2) is 98.1 Å². The number of carbonyl (C=O) groups is 3. The van der Waals surface area contributed by atoms with Gasteiger partial charge in [0.1, 0.15) is 7.11 Å². The molecule has 0 aliphatic carbocycles. The number of amides is 3. The number of likely N-dealkylation sites (tertiary alicyclic amines) is 2. The first kappa shape index (κ1) is 36.3. The van der Waals surface area contributed by atoms with Crippen LogP contribution >= 0.6 is 46.4 Å². The van der Waals surface area contributed by atoms with Gasteiger partial charge in [0, 0.05) is 73.6 Å². The predicted octanol–water partition coefficient (Wildman–Crippen LogP) is 6.39. The lowest BCUT2D eigenvalue weighted by molar-refractivity contribution is -0.144. The molecule has 3 amide bonds. The van der Waals surface area contributed by atoms with Crippen LogP contribution in [0.5, 0.6) is 0 Å². The molecule has 0 aromatic heterocycles. The molecule has 13 heteroatoms. The monoisotopic (exact) mass is 711 g/mol. The van der Waals surface area contributed by atoms with E-state index in [-0.39, 0.29) is 48.6 Å². The number of hydrogen-bond donors (Lipinski definition) is 1. The van der Waals surface area contributed by atoms with Crippen molar-refractivity contribution in [3.8, 4) is 0 Å². The van der Waals surface area contributed by atoms with Gasteiger partial charge in [0.05, 0.1) is 22.3 Å². The highest BCUT2D eigenvalue weighted by atomic mass is 35.5. The molecule has 2 fully saturated rings. The molecular formula is C33H41Cl4N5O4. The second kappa shape index (κ2) is 17.0. The molecule has 2 saturated heterocycles. The Bertz CT molecular complexity index is 1410. The van der Waals surface area contributed by atoms with Gasteiger partial charge >= 0.3 is 0 Å². The van der Waals surface area contributed by atoms with Crippen LogP contribution in [0.25, 0.3) is 0 Å². The molecule has 2 aliphatic rings. The van der Waals surface area contributed by atoms with Gasteiger partial charge in [-0.2, -0.15) is 0 Å². The Morgan fingerprint density at radius 1 is 1.02 bits per heavy atom. The van der Waals surface area contributed by atoms with Crippen molar-refractivity contribution in [1.29, 1.82) is 0 Å². The van der Waals surface area contributed by atoms with Crippen LogP contribution in [0, 0.1) is 5.92 Å². The summed E-state index contributed by atoms with van der Waals surface area (Å²) in [6.07, 6.45) is 4.35. The zero-order valence-electron chi connectivity index (χ0n) is 26.4. The molecule has 250 valence electrons. The van der Waals surface area contributed by atoms with Gasteiger partial charge in [-0.15, -0.1) is 0 Å². The first-order valence-corrected chi connectivity index (χ1v) is 17.0. The lowest BCUT2D eigenvalue weighted by atomic mass is 9.89. The Labute approximate surface area is 291 Å². The van der Waals surface area contributed by atoms with Gasteiger partial charge in [-0.05, 0) is 74.5 Å². The molecule has 0 radical (unpaired) electrons. The smallest absolute Gasteiger partial charge is 0.254 e. The maximum Gasteiger partial charge on any atom is 0.254 e. The Morgan fingerprint density at radius 2 is 1.72 bits per heavy atom. The van der Waals surface area contributed by atoms with E-state index in [9.17, 15) is 14.4 Å². The Kier molecular flexibility index (Phi) is 13.4. The van der Waals surface area contributed by atoms with Crippen molar-refractivity contribution in [3.05, 3.63) is 67.6 Å². The normalized spacial score (nSPS) is 18.8. The van der Waals surface area contributed by atoms with Crippen molar-refractivity contribution >= 4 is 69.8 Å². The summed E-state index contributed by atoms with van der Waals surface area (Å²) >= 11 is 25.0. The summed E-state index contributed by atoms with van der Waals surface area (Å²) in [7, 11) is 4.78. The number of carbonyl (C=O) groups excluding carboxylic acids is 3. The lowest BCUT2D eigenvalue weighted by Gasteiger charge is -2.42. The van der Waals surface area contributed by atoms with E-state index >= 15 is 0 Å². The number of benzene rings is 2. The quantitative estimate of drug-likeness (QED) is 0.204. The summed E-state index contributed by atoms with van der Waals surface area (Å²) in [5.74, 6) is -0.703. The first-order chi connectivity index (χ1) is 22.0. The van der Waals surface area contributed by atoms with E-state index in [1.807, 2.05) is 17.0 Å². The van der Waals surface area contributed by atoms with E-state index < -0.39 is 0 Å². The second-order valence-corrected chi connectivity index (χ2v) is 13.6. The zero-order valence-corrected chi connectivity index (χ0v) is 29.4. The fourth-order valence-electron chi connectivity index (χ4n) is 6.41. The number of piperidine rings is 2. The molecule has 1 N–H and O–H groups in total. The summed E-state index contributed by atoms with van der Waals surface area (Å²) in [4.78, 5) is 49.7. The average Bonchev–Trinajstić information content (AvgIpc) is 3.03. The van der Waals surface area contributed by atoms with Crippen LogP contribution in [-0.2, 0) is 14.4 Å².